The van der Waals surface area contributed by atoms with Crippen molar-refractivity contribution in [1.82, 2.24) is 20.2 Å². The maximum absolute atomic E-state index is 12.3. The summed E-state index contributed by atoms with van der Waals surface area (Å²) in [6.45, 7) is 0.378. The summed E-state index contributed by atoms with van der Waals surface area (Å²) in [4.78, 5) is 33.0. The van der Waals surface area contributed by atoms with E-state index in [2.05, 4.69) is 15.3 Å². The second-order valence-electron chi connectivity index (χ2n) is 4.73. The van der Waals surface area contributed by atoms with Crippen LogP contribution in [0.2, 0.25) is 0 Å². The van der Waals surface area contributed by atoms with Crippen LogP contribution in [0.5, 0.6) is 0 Å². The van der Waals surface area contributed by atoms with Gasteiger partial charge in [0.2, 0.25) is 0 Å². The first-order valence-electron chi connectivity index (χ1n) is 6.66. The third-order valence-corrected chi connectivity index (χ3v) is 3.14. The van der Waals surface area contributed by atoms with E-state index in [-0.39, 0.29) is 23.3 Å². The normalized spacial score (nSPS) is 10.1. The number of carbonyl (C=O) groups is 2. The fourth-order valence-electron chi connectivity index (χ4n) is 1.95. The van der Waals surface area contributed by atoms with Crippen molar-refractivity contribution in [3.05, 3.63) is 53.5 Å². The summed E-state index contributed by atoms with van der Waals surface area (Å²) in [6, 6.07) is 7.02. The molecule has 2 rings (SSSR count). The van der Waals surface area contributed by atoms with E-state index in [0.717, 1.165) is 5.56 Å². The Balaban J connectivity index is 2.08. The highest BCUT2D eigenvalue weighted by atomic mass is 16.2. The molecule has 7 nitrogen and oxygen atoms in total. The number of nitrogen functional groups attached to an aromatic ring is 1. The molecule has 114 valence electrons. The summed E-state index contributed by atoms with van der Waals surface area (Å²) in [7, 11) is 3.23. The lowest BCUT2D eigenvalue weighted by Gasteiger charge is -2.17. The van der Waals surface area contributed by atoms with E-state index in [0.29, 0.717) is 12.1 Å². The predicted molar refractivity (Wildman–Crippen MR) is 82.1 cm³/mol. The van der Waals surface area contributed by atoms with Crippen LogP contribution in [0, 0.1) is 0 Å². The van der Waals surface area contributed by atoms with Crippen LogP contribution in [0.4, 0.5) is 5.82 Å². The van der Waals surface area contributed by atoms with Gasteiger partial charge in [-0.15, -0.1) is 0 Å². The van der Waals surface area contributed by atoms with Crippen molar-refractivity contribution in [2.75, 3.05) is 19.8 Å². The summed E-state index contributed by atoms with van der Waals surface area (Å²) in [5.41, 5.74) is 7.25. The number of nitrogens with zero attached hydrogens (tertiary/aromatic N) is 3. The lowest BCUT2D eigenvalue weighted by Crippen LogP contribution is -2.28. The summed E-state index contributed by atoms with van der Waals surface area (Å²) in [5, 5.41) is 2.55. The number of anilines is 1. The highest BCUT2D eigenvalue weighted by Gasteiger charge is 2.17. The van der Waals surface area contributed by atoms with Crippen LogP contribution in [-0.4, -0.2) is 40.8 Å². The zero-order chi connectivity index (χ0) is 16.1. The number of hydrogen-bond acceptors (Lipinski definition) is 5. The van der Waals surface area contributed by atoms with Crippen molar-refractivity contribution >= 4 is 17.6 Å². The zero-order valence-electron chi connectivity index (χ0n) is 12.4. The maximum atomic E-state index is 12.3. The maximum Gasteiger partial charge on any atom is 0.276 e. The van der Waals surface area contributed by atoms with Gasteiger partial charge in [-0.05, 0) is 17.7 Å². The molecule has 1 aromatic heterocycles. The highest BCUT2D eigenvalue weighted by molar-refractivity contribution is 5.96. The molecule has 2 aromatic rings. The Morgan fingerprint density at radius 1 is 1.18 bits per heavy atom. The number of hydrogen-bond donors (Lipinski definition) is 2. The standard InChI is InChI=1S/C15H17N5O2/c1-17-14(21)11-5-3-10(4-6-11)9-20(2)15(22)12-13(16)19-8-7-18-12/h3-8H,9H2,1-2H3,(H2,16,19)(H,17,21). The lowest BCUT2D eigenvalue weighted by atomic mass is 10.1. The molecular formula is C15H17N5O2. The van der Waals surface area contributed by atoms with Crippen molar-refractivity contribution in [3.63, 3.8) is 0 Å². The van der Waals surface area contributed by atoms with E-state index in [1.54, 1.807) is 38.4 Å². The molecule has 7 heteroatoms. The minimum Gasteiger partial charge on any atom is -0.382 e. The van der Waals surface area contributed by atoms with E-state index in [1.165, 1.54) is 17.3 Å². The Hall–Kier alpha value is -2.96. The molecule has 0 saturated heterocycles. The quantitative estimate of drug-likeness (QED) is 0.865. The molecule has 3 N–H and O–H groups in total. The minimum atomic E-state index is -0.305. The van der Waals surface area contributed by atoms with Gasteiger partial charge < -0.3 is 16.0 Å². The summed E-state index contributed by atoms with van der Waals surface area (Å²) >= 11 is 0. The molecule has 0 spiro atoms. The van der Waals surface area contributed by atoms with Crippen molar-refractivity contribution in [3.8, 4) is 0 Å². The minimum absolute atomic E-state index is 0.106. The topological polar surface area (TPSA) is 101 Å². The second-order valence-corrected chi connectivity index (χ2v) is 4.73. The largest absolute Gasteiger partial charge is 0.382 e. The number of carbonyl (C=O) groups excluding carboxylic acids is 2. The molecule has 1 heterocycles. The van der Waals surface area contributed by atoms with Gasteiger partial charge >= 0.3 is 0 Å². The average Bonchev–Trinajstić information content (AvgIpc) is 2.54. The number of nitrogens with two attached hydrogens (primary N) is 1. The first-order valence-corrected chi connectivity index (χ1v) is 6.66. The molecule has 0 aliphatic carbocycles. The van der Waals surface area contributed by atoms with Gasteiger partial charge in [0.05, 0.1) is 0 Å². The number of aromatic nitrogens is 2. The van der Waals surface area contributed by atoms with E-state index in [9.17, 15) is 9.59 Å². The zero-order valence-corrected chi connectivity index (χ0v) is 12.4. The second kappa shape index (κ2) is 6.66. The molecule has 22 heavy (non-hydrogen) atoms. The predicted octanol–water partition coefficient (Wildman–Crippen LogP) is 0.691. The number of benzene rings is 1. The van der Waals surface area contributed by atoms with Gasteiger partial charge in [0.25, 0.3) is 11.8 Å². The molecule has 1 aromatic carbocycles. The molecule has 2 amide bonds. The van der Waals surface area contributed by atoms with Crippen LogP contribution in [0.15, 0.2) is 36.7 Å². The number of rotatable bonds is 4. The number of nitrogens with one attached hydrogen (secondary N) is 1. The van der Waals surface area contributed by atoms with Crippen LogP contribution in [0.3, 0.4) is 0 Å². The third kappa shape index (κ3) is 3.38. The SMILES string of the molecule is CNC(=O)c1ccc(CN(C)C(=O)c2nccnc2N)cc1. The lowest BCUT2D eigenvalue weighted by molar-refractivity contribution is 0.0779. The van der Waals surface area contributed by atoms with Gasteiger partial charge in [0, 0.05) is 38.6 Å². The van der Waals surface area contributed by atoms with Crippen LogP contribution in [0.25, 0.3) is 0 Å². The van der Waals surface area contributed by atoms with Gasteiger partial charge in [-0.2, -0.15) is 0 Å². The van der Waals surface area contributed by atoms with Gasteiger partial charge in [-0.1, -0.05) is 12.1 Å². The van der Waals surface area contributed by atoms with Crippen LogP contribution >= 0.6 is 0 Å². The molecule has 0 unspecified atom stereocenters. The Morgan fingerprint density at radius 3 is 2.41 bits per heavy atom. The Bertz CT molecular complexity index is 685. The number of amides is 2. The van der Waals surface area contributed by atoms with Gasteiger partial charge in [0.15, 0.2) is 11.5 Å². The molecule has 0 aliphatic heterocycles. The Kier molecular flexibility index (Phi) is 4.67. The van der Waals surface area contributed by atoms with E-state index < -0.39 is 0 Å². The van der Waals surface area contributed by atoms with Gasteiger partial charge in [0.1, 0.15) is 0 Å². The third-order valence-electron chi connectivity index (χ3n) is 3.14. The molecule has 0 fully saturated rings. The first-order chi connectivity index (χ1) is 10.5. The average molecular weight is 299 g/mol. The van der Waals surface area contributed by atoms with Crippen molar-refractivity contribution in [2.24, 2.45) is 0 Å². The fourth-order valence-corrected chi connectivity index (χ4v) is 1.95. The summed E-state index contributed by atoms with van der Waals surface area (Å²) in [6.07, 6.45) is 2.86. The molecule has 0 aliphatic rings. The van der Waals surface area contributed by atoms with Gasteiger partial charge in [-0.3, -0.25) is 9.59 Å². The Morgan fingerprint density at radius 2 is 1.82 bits per heavy atom. The molecular weight excluding hydrogens is 282 g/mol. The molecule has 0 radical (unpaired) electrons. The van der Waals surface area contributed by atoms with E-state index in [1.807, 2.05) is 0 Å². The van der Waals surface area contributed by atoms with Crippen molar-refractivity contribution in [2.45, 2.75) is 6.54 Å². The first kappa shape index (κ1) is 15.4. The van der Waals surface area contributed by atoms with Gasteiger partial charge in [-0.25, -0.2) is 9.97 Å². The van der Waals surface area contributed by atoms with Crippen molar-refractivity contribution in [1.29, 1.82) is 0 Å². The van der Waals surface area contributed by atoms with E-state index >= 15 is 0 Å². The smallest absolute Gasteiger partial charge is 0.276 e. The summed E-state index contributed by atoms with van der Waals surface area (Å²) < 4.78 is 0. The molecule has 0 atom stereocenters. The fraction of sp³-hybridized carbons (Fsp3) is 0.200. The monoisotopic (exact) mass is 299 g/mol. The van der Waals surface area contributed by atoms with Crippen LogP contribution in [0.1, 0.15) is 26.4 Å². The highest BCUT2D eigenvalue weighted by Crippen LogP contribution is 2.11. The van der Waals surface area contributed by atoms with E-state index in [4.69, 9.17) is 5.73 Å². The molecule has 0 bridgehead atoms. The van der Waals surface area contributed by atoms with Crippen LogP contribution < -0.4 is 11.1 Å². The summed E-state index contributed by atoms with van der Waals surface area (Å²) in [5.74, 6) is -0.349. The van der Waals surface area contributed by atoms with Crippen molar-refractivity contribution < 1.29 is 9.59 Å². The molecule has 0 saturated carbocycles. The Labute approximate surface area is 128 Å². The van der Waals surface area contributed by atoms with Crippen LogP contribution in [-0.2, 0) is 6.54 Å².